The van der Waals surface area contributed by atoms with Gasteiger partial charge in [0, 0.05) is 24.7 Å². The van der Waals surface area contributed by atoms with Crippen LogP contribution in [0.15, 0.2) is 36.5 Å². The van der Waals surface area contributed by atoms with Crippen molar-refractivity contribution < 1.29 is 27.9 Å². The highest BCUT2D eigenvalue weighted by atomic mass is 32.2. The first kappa shape index (κ1) is 24.7. The maximum Gasteiger partial charge on any atom is 0.335 e. The second-order valence-electron chi connectivity index (χ2n) is 8.82. The smallest absolute Gasteiger partial charge is 0.335 e. The molecule has 1 fully saturated rings. The van der Waals surface area contributed by atoms with Gasteiger partial charge < -0.3 is 20.6 Å². The topological polar surface area (TPSA) is 143 Å². The Morgan fingerprint density at radius 1 is 1.17 bits per heavy atom. The molecule has 3 aromatic rings. The Bertz CT molecular complexity index is 1390. The fourth-order valence-corrected chi connectivity index (χ4v) is 5.82. The number of sulfonamides is 1. The van der Waals surface area contributed by atoms with E-state index in [4.69, 9.17) is 10.5 Å². The zero-order valence-corrected chi connectivity index (χ0v) is 20.5. The van der Waals surface area contributed by atoms with Crippen LogP contribution in [0.4, 0.5) is 0 Å². The summed E-state index contributed by atoms with van der Waals surface area (Å²) in [4.78, 5) is 26.6. The monoisotopic (exact) mass is 499 g/mol. The Morgan fingerprint density at radius 3 is 2.49 bits per heavy atom. The van der Waals surface area contributed by atoms with Crippen LogP contribution in [0.3, 0.4) is 0 Å². The SMILES string of the molecule is CCS(=O)(=O)N1CCC(c2c[nH]c3c(C(N)=O)cc(OCc4ccc(C(=O)O)c(C)c4)cc23)CC1. The van der Waals surface area contributed by atoms with Gasteiger partial charge in [0.25, 0.3) is 5.91 Å². The first-order valence-electron chi connectivity index (χ1n) is 11.5. The molecule has 1 aliphatic rings. The van der Waals surface area contributed by atoms with E-state index in [1.807, 2.05) is 12.3 Å². The quantitative estimate of drug-likeness (QED) is 0.434. The largest absolute Gasteiger partial charge is 0.489 e. The summed E-state index contributed by atoms with van der Waals surface area (Å²) in [5, 5.41) is 10.0. The van der Waals surface area contributed by atoms with Gasteiger partial charge >= 0.3 is 5.97 Å². The fourth-order valence-electron chi connectivity index (χ4n) is 4.69. The van der Waals surface area contributed by atoms with Crippen LogP contribution in [0.5, 0.6) is 5.75 Å². The minimum atomic E-state index is -3.21. The molecule has 2 aromatic carbocycles. The van der Waals surface area contributed by atoms with E-state index in [-0.39, 0.29) is 23.8 Å². The summed E-state index contributed by atoms with van der Waals surface area (Å²) in [6, 6.07) is 8.46. The average molecular weight is 500 g/mol. The lowest BCUT2D eigenvalue weighted by molar-refractivity contribution is 0.0695. The summed E-state index contributed by atoms with van der Waals surface area (Å²) in [6.45, 7) is 4.48. The van der Waals surface area contributed by atoms with Crippen molar-refractivity contribution in [2.24, 2.45) is 5.73 Å². The van der Waals surface area contributed by atoms with Gasteiger partial charge in [-0.25, -0.2) is 17.5 Å². The van der Waals surface area contributed by atoms with E-state index in [1.54, 1.807) is 42.4 Å². The zero-order valence-electron chi connectivity index (χ0n) is 19.7. The lowest BCUT2D eigenvalue weighted by Crippen LogP contribution is -2.38. The molecule has 186 valence electrons. The Hall–Kier alpha value is -3.37. The van der Waals surface area contributed by atoms with Crippen LogP contribution in [0, 0.1) is 6.92 Å². The molecule has 4 rings (SSSR count). The predicted octanol–water partition coefficient (Wildman–Crippen LogP) is 3.38. The third kappa shape index (κ3) is 5.03. The van der Waals surface area contributed by atoms with Crippen LogP contribution in [0.2, 0.25) is 0 Å². The van der Waals surface area contributed by atoms with Gasteiger partial charge in [0.15, 0.2) is 0 Å². The number of carbonyl (C=O) groups is 2. The number of rotatable bonds is 8. The molecular weight excluding hydrogens is 470 g/mol. The average Bonchev–Trinajstić information content (AvgIpc) is 3.26. The number of carbonyl (C=O) groups excluding carboxylic acids is 1. The molecule has 0 radical (unpaired) electrons. The maximum atomic E-state index is 12.2. The van der Waals surface area contributed by atoms with Gasteiger partial charge in [-0.15, -0.1) is 0 Å². The van der Waals surface area contributed by atoms with Crippen LogP contribution in [-0.4, -0.2) is 53.5 Å². The van der Waals surface area contributed by atoms with Gasteiger partial charge in [-0.05, 0) is 67.5 Å². The van der Waals surface area contributed by atoms with Crippen molar-refractivity contribution >= 4 is 32.8 Å². The Balaban J connectivity index is 1.59. The third-order valence-electron chi connectivity index (χ3n) is 6.64. The highest BCUT2D eigenvalue weighted by Crippen LogP contribution is 2.37. The number of piperidine rings is 1. The molecule has 4 N–H and O–H groups in total. The van der Waals surface area contributed by atoms with Crippen molar-refractivity contribution in [3.63, 3.8) is 0 Å². The summed E-state index contributed by atoms with van der Waals surface area (Å²) in [7, 11) is -3.21. The second kappa shape index (κ2) is 9.71. The van der Waals surface area contributed by atoms with E-state index in [0.717, 1.165) is 16.5 Å². The van der Waals surface area contributed by atoms with Crippen molar-refractivity contribution in [3.05, 3.63) is 64.3 Å². The first-order chi connectivity index (χ1) is 16.6. The number of nitrogens with one attached hydrogen (secondary N) is 1. The number of aromatic carboxylic acids is 1. The van der Waals surface area contributed by atoms with Gasteiger partial charge in [-0.3, -0.25) is 4.79 Å². The number of H-pyrrole nitrogens is 1. The van der Waals surface area contributed by atoms with Gasteiger partial charge in [-0.2, -0.15) is 0 Å². The van der Waals surface area contributed by atoms with Crippen molar-refractivity contribution in [1.29, 1.82) is 0 Å². The Kier molecular flexibility index (Phi) is 6.86. The Morgan fingerprint density at radius 2 is 1.89 bits per heavy atom. The molecule has 1 amide bonds. The molecule has 9 nitrogen and oxygen atoms in total. The molecule has 0 bridgehead atoms. The molecule has 10 heteroatoms. The van der Waals surface area contributed by atoms with E-state index >= 15 is 0 Å². The molecule has 0 atom stereocenters. The van der Waals surface area contributed by atoms with Crippen LogP contribution < -0.4 is 10.5 Å². The van der Waals surface area contributed by atoms with E-state index in [1.165, 1.54) is 0 Å². The number of benzene rings is 2. The summed E-state index contributed by atoms with van der Waals surface area (Å²) >= 11 is 0. The first-order valence-corrected chi connectivity index (χ1v) is 13.1. The number of nitrogens with zero attached hydrogens (tertiary/aromatic N) is 1. The highest BCUT2D eigenvalue weighted by molar-refractivity contribution is 7.89. The van der Waals surface area contributed by atoms with Crippen LogP contribution in [-0.2, 0) is 16.6 Å². The van der Waals surface area contributed by atoms with Gasteiger partial charge in [0.05, 0.1) is 22.4 Å². The molecule has 35 heavy (non-hydrogen) atoms. The number of carboxylic acid groups (broad SMARTS) is 1. The van der Waals surface area contributed by atoms with E-state index < -0.39 is 21.9 Å². The van der Waals surface area contributed by atoms with Gasteiger partial charge in [-0.1, -0.05) is 12.1 Å². The Labute approximate surface area is 203 Å². The molecule has 0 aliphatic carbocycles. The van der Waals surface area contributed by atoms with Crippen molar-refractivity contribution in [2.45, 2.75) is 39.2 Å². The molecule has 1 saturated heterocycles. The highest BCUT2D eigenvalue weighted by Gasteiger charge is 2.29. The number of aromatic amines is 1. The third-order valence-corrected chi connectivity index (χ3v) is 8.52. The van der Waals surface area contributed by atoms with Crippen LogP contribution in [0.1, 0.15) is 63.1 Å². The molecule has 1 aliphatic heterocycles. The number of primary amides is 1. The number of fused-ring (bicyclic) bond motifs is 1. The number of ether oxygens (including phenoxy) is 1. The molecule has 0 spiro atoms. The predicted molar refractivity (Wildman–Crippen MR) is 132 cm³/mol. The van der Waals surface area contributed by atoms with Crippen LogP contribution >= 0.6 is 0 Å². The van der Waals surface area contributed by atoms with Crippen molar-refractivity contribution in [1.82, 2.24) is 9.29 Å². The second-order valence-corrected chi connectivity index (χ2v) is 11.1. The fraction of sp³-hybridized carbons (Fsp3) is 0.360. The molecule has 1 aromatic heterocycles. The summed E-state index contributed by atoms with van der Waals surface area (Å²) in [5.41, 5.74) is 9.26. The molecule has 0 unspecified atom stereocenters. The zero-order chi connectivity index (χ0) is 25.3. The summed E-state index contributed by atoms with van der Waals surface area (Å²) < 4.78 is 31.9. The minimum Gasteiger partial charge on any atom is -0.489 e. The lowest BCUT2D eigenvalue weighted by Gasteiger charge is -2.31. The summed E-state index contributed by atoms with van der Waals surface area (Å²) in [5.74, 6) is -0.872. The number of amides is 1. The number of carboxylic acids is 1. The number of hydrogen-bond acceptors (Lipinski definition) is 5. The molecule has 0 saturated carbocycles. The van der Waals surface area contributed by atoms with E-state index in [0.29, 0.717) is 48.3 Å². The maximum absolute atomic E-state index is 12.2. The molecule has 2 heterocycles. The van der Waals surface area contributed by atoms with Crippen molar-refractivity contribution in [3.8, 4) is 5.75 Å². The number of aryl methyl sites for hydroxylation is 1. The van der Waals surface area contributed by atoms with Gasteiger partial charge in [0.1, 0.15) is 12.4 Å². The summed E-state index contributed by atoms with van der Waals surface area (Å²) in [6.07, 6.45) is 3.22. The number of nitrogens with two attached hydrogens (primary N) is 1. The number of hydrogen-bond donors (Lipinski definition) is 3. The standard InChI is InChI=1S/C25H29N3O6S/c1-3-35(32,33)28-8-6-17(7-9-28)22-13-27-23-20(22)11-18(12-21(23)24(26)29)34-14-16-4-5-19(25(30)31)15(2)10-16/h4-5,10-13,17,27H,3,6-9,14H2,1-2H3,(H2,26,29)(H,30,31). The van der Waals surface area contributed by atoms with Gasteiger partial charge in [0.2, 0.25) is 10.0 Å². The van der Waals surface area contributed by atoms with E-state index in [9.17, 15) is 23.1 Å². The van der Waals surface area contributed by atoms with E-state index in [2.05, 4.69) is 4.98 Å². The lowest BCUT2D eigenvalue weighted by atomic mass is 9.89. The van der Waals surface area contributed by atoms with Crippen LogP contribution in [0.25, 0.3) is 10.9 Å². The minimum absolute atomic E-state index is 0.0893. The number of aromatic nitrogens is 1. The normalized spacial score (nSPS) is 15.4. The molecular formula is C25H29N3O6S. The van der Waals surface area contributed by atoms with Crippen molar-refractivity contribution in [2.75, 3.05) is 18.8 Å².